The van der Waals surface area contributed by atoms with Gasteiger partial charge in [0.25, 0.3) is 0 Å². The van der Waals surface area contributed by atoms with Crippen molar-refractivity contribution in [2.24, 2.45) is 5.73 Å². The Morgan fingerprint density at radius 3 is 2.63 bits per heavy atom. The van der Waals surface area contributed by atoms with E-state index in [9.17, 15) is 18.0 Å². The molecule has 0 aliphatic carbocycles. The summed E-state index contributed by atoms with van der Waals surface area (Å²) in [5, 5.41) is 2.34. The molecule has 3 N–H and O–H groups in total. The molecule has 1 unspecified atom stereocenters. The van der Waals surface area contributed by atoms with Crippen molar-refractivity contribution in [2.45, 2.75) is 25.2 Å². The maximum atomic E-state index is 12.7. The average molecular weight is 270 g/mol. The van der Waals surface area contributed by atoms with Crippen LogP contribution in [-0.4, -0.2) is 11.9 Å². The van der Waals surface area contributed by atoms with Gasteiger partial charge in [-0.05, 0) is 11.6 Å². The second kappa shape index (κ2) is 6.25. The normalized spacial score (nSPS) is 12.6. The summed E-state index contributed by atoms with van der Waals surface area (Å²) in [6, 6.07) is 4.11. The molecule has 1 aromatic carbocycles. The number of benzene rings is 1. The van der Waals surface area contributed by atoms with E-state index in [1.54, 1.807) is 0 Å². The molecule has 0 saturated heterocycles. The van der Waals surface area contributed by atoms with Crippen molar-refractivity contribution in [2.75, 3.05) is 0 Å². The van der Waals surface area contributed by atoms with E-state index < -0.39 is 23.7 Å². The van der Waals surface area contributed by atoms with E-state index in [4.69, 9.17) is 12.2 Å². The summed E-state index contributed by atoms with van der Waals surface area (Å²) in [6.45, 7) is -0.243. The van der Waals surface area contributed by atoms with Crippen molar-refractivity contribution in [3.63, 3.8) is 0 Å². The van der Waals surface area contributed by atoms with Crippen LogP contribution in [0.4, 0.5) is 13.2 Å². The predicted molar refractivity (Wildman–Crippen MR) is 64.7 cm³/mol. The van der Waals surface area contributed by atoms with Gasteiger partial charge in [-0.25, -0.2) is 0 Å². The van der Waals surface area contributed by atoms with Gasteiger partial charge in [0.2, 0.25) is 5.91 Å². The van der Waals surface area contributed by atoms with Crippen molar-refractivity contribution < 1.29 is 18.0 Å². The van der Waals surface area contributed by atoms with Crippen molar-refractivity contribution in [3.05, 3.63) is 35.4 Å². The predicted octanol–water partition coefficient (Wildman–Crippen LogP) is 1.67. The lowest BCUT2D eigenvalue weighted by Gasteiger charge is -2.14. The zero-order valence-corrected chi connectivity index (χ0v) is 10.00. The van der Waals surface area contributed by atoms with Crippen LogP contribution in [0.2, 0.25) is 0 Å². The molecule has 3 nitrogen and oxygen atoms in total. The smallest absolute Gasteiger partial charge is 0.351 e. The lowest BCUT2D eigenvalue weighted by molar-refractivity contribution is -0.138. The first kappa shape index (κ1) is 15.1. The molecule has 0 fully saturated rings. The Morgan fingerprint density at radius 1 is 1.42 bits per heavy atom. The molecule has 1 rings (SSSR count). The van der Waals surface area contributed by atoms with Crippen LogP contribution >= 0.6 is 0 Å². The standard InChI is InChI=1S/C13H13F3N2O/c1-2-5-11(17)12(19)18-8-9-6-3-4-7-10(9)13(14,15)16/h1,3-4,6-7,11H,5,8,17H2,(H,18,19). The number of rotatable bonds is 4. The Hall–Kier alpha value is -2.00. The lowest BCUT2D eigenvalue weighted by atomic mass is 10.1. The van der Waals surface area contributed by atoms with Gasteiger partial charge in [0, 0.05) is 13.0 Å². The Labute approximate surface area is 109 Å². The number of alkyl halides is 3. The van der Waals surface area contributed by atoms with Gasteiger partial charge in [0.1, 0.15) is 0 Å². The van der Waals surface area contributed by atoms with Crippen LogP contribution in [0.25, 0.3) is 0 Å². The van der Waals surface area contributed by atoms with Crippen LogP contribution in [0.15, 0.2) is 24.3 Å². The number of amides is 1. The molecule has 0 aliphatic rings. The highest BCUT2D eigenvalue weighted by atomic mass is 19.4. The quantitative estimate of drug-likeness (QED) is 0.818. The molecule has 0 spiro atoms. The summed E-state index contributed by atoms with van der Waals surface area (Å²) in [4.78, 5) is 11.5. The number of hydrogen-bond acceptors (Lipinski definition) is 2. The molecular formula is C13H13F3N2O. The first-order valence-corrected chi connectivity index (χ1v) is 5.48. The number of nitrogens with two attached hydrogens (primary N) is 1. The minimum absolute atomic E-state index is 0.0174. The van der Waals surface area contributed by atoms with E-state index in [-0.39, 0.29) is 18.5 Å². The van der Waals surface area contributed by atoms with Gasteiger partial charge in [0.05, 0.1) is 11.6 Å². The highest BCUT2D eigenvalue weighted by Gasteiger charge is 2.32. The van der Waals surface area contributed by atoms with Crippen LogP contribution in [0.1, 0.15) is 17.5 Å². The zero-order valence-electron chi connectivity index (χ0n) is 10.00. The summed E-state index contributed by atoms with van der Waals surface area (Å²) >= 11 is 0. The third kappa shape index (κ3) is 4.30. The molecule has 1 atom stereocenters. The SMILES string of the molecule is C#CCC(N)C(=O)NCc1ccccc1C(F)(F)F. The Kier molecular flexibility index (Phi) is 4.95. The van der Waals surface area contributed by atoms with Crippen molar-refractivity contribution in [1.29, 1.82) is 0 Å². The average Bonchev–Trinajstić information content (AvgIpc) is 2.35. The molecular weight excluding hydrogens is 257 g/mol. The second-order valence-electron chi connectivity index (χ2n) is 3.89. The minimum atomic E-state index is -4.46. The van der Waals surface area contributed by atoms with Gasteiger partial charge in [-0.3, -0.25) is 4.79 Å². The molecule has 0 aliphatic heterocycles. The third-order valence-corrected chi connectivity index (χ3v) is 2.45. The fourth-order valence-electron chi connectivity index (χ4n) is 1.48. The first-order valence-electron chi connectivity index (χ1n) is 5.48. The van der Waals surface area contributed by atoms with Gasteiger partial charge < -0.3 is 11.1 Å². The van der Waals surface area contributed by atoms with E-state index in [0.717, 1.165) is 6.07 Å². The maximum absolute atomic E-state index is 12.7. The molecule has 1 aromatic rings. The monoisotopic (exact) mass is 270 g/mol. The molecule has 6 heteroatoms. The number of carbonyl (C=O) groups excluding carboxylic acids is 1. The van der Waals surface area contributed by atoms with Crippen LogP contribution in [0.5, 0.6) is 0 Å². The van der Waals surface area contributed by atoms with E-state index in [1.165, 1.54) is 18.2 Å². The van der Waals surface area contributed by atoms with Gasteiger partial charge in [0.15, 0.2) is 0 Å². The Morgan fingerprint density at radius 2 is 2.05 bits per heavy atom. The van der Waals surface area contributed by atoms with Crippen molar-refractivity contribution in [1.82, 2.24) is 5.32 Å². The molecule has 19 heavy (non-hydrogen) atoms. The number of halogens is 3. The number of carbonyl (C=O) groups is 1. The van der Waals surface area contributed by atoms with Gasteiger partial charge in [-0.1, -0.05) is 18.2 Å². The van der Waals surface area contributed by atoms with E-state index in [2.05, 4.69) is 11.2 Å². The summed E-state index contributed by atoms with van der Waals surface area (Å²) < 4.78 is 38.1. The number of hydrogen-bond donors (Lipinski definition) is 2. The van der Waals surface area contributed by atoms with E-state index in [0.29, 0.717) is 0 Å². The van der Waals surface area contributed by atoms with Crippen LogP contribution in [0.3, 0.4) is 0 Å². The largest absolute Gasteiger partial charge is 0.416 e. The van der Waals surface area contributed by atoms with E-state index in [1.807, 2.05) is 0 Å². The Balaban J connectivity index is 2.74. The molecule has 0 aromatic heterocycles. The lowest BCUT2D eigenvalue weighted by Crippen LogP contribution is -2.40. The summed E-state index contributed by atoms with van der Waals surface area (Å²) in [7, 11) is 0. The summed E-state index contributed by atoms with van der Waals surface area (Å²) in [5.41, 5.74) is 4.64. The minimum Gasteiger partial charge on any atom is -0.351 e. The van der Waals surface area contributed by atoms with Gasteiger partial charge in [-0.2, -0.15) is 13.2 Å². The number of nitrogens with one attached hydrogen (secondary N) is 1. The van der Waals surface area contributed by atoms with Gasteiger partial charge >= 0.3 is 6.18 Å². The highest BCUT2D eigenvalue weighted by Crippen LogP contribution is 2.31. The molecule has 1 amide bonds. The summed E-state index contributed by atoms with van der Waals surface area (Å²) in [5.74, 6) is 1.64. The first-order chi connectivity index (χ1) is 8.86. The van der Waals surface area contributed by atoms with Crippen LogP contribution < -0.4 is 11.1 Å². The van der Waals surface area contributed by atoms with Crippen molar-refractivity contribution >= 4 is 5.91 Å². The van der Waals surface area contributed by atoms with Crippen LogP contribution in [0, 0.1) is 12.3 Å². The Bertz CT molecular complexity index is 491. The fourth-order valence-corrected chi connectivity index (χ4v) is 1.48. The molecule has 0 heterocycles. The fraction of sp³-hybridized carbons (Fsp3) is 0.308. The molecule has 0 saturated carbocycles. The molecule has 102 valence electrons. The maximum Gasteiger partial charge on any atom is 0.416 e. The third-order valence-electron chi connectivity index (χ3n) is 2.45. The second-order valence-corrected chi connectivity index (χ2v) is 3.89. The molecule has 0 bridgehead atoms. The van der Waals surface area contributed by atoms with Gasteiger partial charge in [-0.15, -0.1) is 12.3 Å². The highest BCUT2D eigenvalue weighted by molar-refractivity contribution is 5.81. The van der Waals surface area contributed by atoms with Crippen molar-refractivity contribution in [3.8, 4) is 12.3 Å². The zero-order chi connectivity index (χ0) is 14.5. The number of terminal acetylenes is 1. The summed E-state index contributed by atoms with van der Waals surface area (Å²) in [6.07, 6.45) is 0.575. The topological polar surface area (TPSA) is 55.1 Å². The van der Waals surface area contributed by atoms with Crippen LogP contribution in [-0.2, 0) is 17.5 Å². The van der Waals surface area contributed by atoms with E-state index >= 15 is 0 Å². The molecule has 0 radical (unpaired) electrons.